The van der Waals surface area contributed by atoms with Gasteiger partial charge < -0.3 is 0 Å². The van der Waals surface area contributed by atoms with Gasteiger partial charge in [-0.15, -0.1) is 6.58 Å². The molecule has 0 aromatic carbocycles. The highest BCUT2D eigenvalue weighted by atomic mass is 19.2. The number of halogens is 2. The largest absolute Gasteiger partial charge is 0.234 e. The number of alkyl halides is 1. The van der Waals surface area contributed by atoms with Crippen LogP contribution in [0.15, 0.2) is 48.4 Å². The maximum Gasteiger partial charge on any atom is 0.176 e. The van der Waals surface area contributed by atoms with Crippen LogP contribution in [0.3, 0.4) is 0 Å². The first-order valence-corrected chi connectivity index (χ1v) is 7.07. The molecule has 2 aliphatic carbocycles. The lowest BCUT2D eigenvalue weighted by Gasteiger charge is -2.33. The molecular weight excluding hydrogens is 242 g/mol. The minimum absolute atomic E-state index is 0.0772. The van der Waals surface area contributed by atoms with E-state index < -0.39 is 12.0 Å². The van der Waals surface area contributed by atoms with Gasteiger partial charge in [-0.1, -0.05) is 31.7 Å². The molecule has 2 aliphatic rings. The Bertz CT molecular complexity index is 423. The van der Waals surface area contributed by atoms with Crippen LogP contribution in [0.4, 0.5) is 8.78 Å². The van der Waals surface area contributed by atoms with Gasteiger partial charge in [0.25, 0.3) is 0 Å². The summed E-state index contributed by atoms with van der Waals surface area (Å²) in [5, 5.41) is 0. The number of hydrogen-bond donors (Lipinski definition) is 0. The molecule has 19 heavy (non-hydrogen) atoms. The van der Waals surface area contributed by atoms with Crippen LogP contribution in [0, 0.1) is 17.8 Å². The Labute approximate surface area is 114 Å². The lowest BCUT2D eigenvalue weighted by atomic mass is 9.73. The minimum Gasteiger partial charge on any atom is -0.234 e. The van der Waals surface area contributed by atoms with E-state index in [4.69, 9.17) is 0 Å². The van der Waals surface area contributed by atoms with Crippen molar-refractivity contribution in [3.05, 3.63) is 48.4 Å². The third-order valence-corrected chi connectivity index (χ3v) is 4.65. The van der Waals surface area contributed by atoms with E-state index >= 15 is 0 Å². The van der Waals surface area contributed by atoms with Crippen LogP contribution >= 0.6 is 0 Å². The van der Waals surface area contributed by atoms with E-state index in [1.54, 1.807) is 12.2 Å². The zero-order chi connectivity index (χ0) is 14.0. The SMILES string of the molecule is C=CC1CCC(C(C)C2=C(F)C(F)C(=C)C=C2)CC1. The standard InChI is InChI=1S/C17H22F2/c1-4-13-6-8-14(9-7-13)12(3)15-10-5-11(2)16(18)17(15)19/h4-5,10,12-14,16H,1-2,6-9H2,3H3. The number of allylic oxidation sites excluding steroid dienone is 6. The molecule has 2 unspecified atom stereocenters. The van der Waals surface area contributed by atoms with E-state index in [9.17, 15) is 8.78 Å². The molecule has 0 aliphatic heterocycles. The minimum atomic E-state index is -1.65. The van der Waals surface area contributed by atoms with E-state index in [-0.39, 0.29) is 11.5 Å². The quantitative estimate of drug-likeness (QED) is 0.606. The van der Waals surface area contributed by atoms with Crippen molar-refractivity contribution in [2.24, 2.45) is 17.8 Å². The van der Waals surface area contributed by atoms with Crippen molar-refractivity contribution < 1.29 is 8.78 Å². The van der Waals surface area contributed by atoms with Crippen molar-refractivity contribution in [1.29, 1.82) is 0 Å². The maximum atomic E-state index is 14.0. The molecule has 2 atom stereocenters. The highest BCUT2D eigenvalue weighted by Gasteiger charge is 2.31. The molecule has 0 amide bonds. The molecule has 104 valence electrons. The molecule has 1 saturated carbocycles. The predicted octanol–water partition coefficient (Wildman–Crippen LogP) is 5.30. The summed E-state index contributed by atoms with van der Waals surface area (Å²) in [6.45, 7) is 9.37. The fourth-order valence-electron chi connectivity index (χ4n) is 3.17. The summed E-state index contributed by atoms with van der Waals surface area (Å²) in [4.78, 5) is 0. The summed E-state index contributed by atoms with van der Waals surface area (Å²) in [7, 11) is 0. The average molecular weight is 264 g/mol. The van der Waals surface area contributed by atoms with Crippen LogP contribution in [0.5, 0.6) is 0 Å². The van der Waals surface area contributed by atoms with Crippen LogP contribution in [-0.2, 0) is 0 Å². The van der Waals surface area contributed by atoms with Crippen LogP contribution in [0.25, 0.3) is 0 Å². The van der Waals surface area contributed by atoms with E-state index in [1.165, 1.54) is 0 Å². The Balaban J connectivity index is 2.08. The van der Waals surface area contributed by atoms with E-state index in [2.05, 4.69) is 13.2 Å². The van der Waals surface area contributed by atoms with Gasteiger partial charge in [-0.25, -0.2) is 8.78 Å². The average Bonchev–Trinajstić information content (AvgIpc) is 2.44. The summed E-state index contributed by atoms with van der Waals surface area (Å²) >= 11 is 0. The van der Waals surface area contributed by atoms with E-state index in [0.717, 1.165) is 25.7 Å². The Morgan fingerprint density at radius 1 is 1.26 bits per heavy atom. The third kappa shape index (κ3) is 2.88. The molecule has 0 nitrogen and oxygen atoms in total. The topological polar surface area (TPSA) is 0 Å². The van der Waals surface area contributed by atoms with E-state index in [1.807, 2.05) is 13.0 Å². The van der Waals surface area contributed by atoms with Gasteiger partial charge in [0.05, 0.1) is 0 Å². The van der Waals surface area contributed by atoms with Crippen LogP contribution < -0.4 is 0 Å². The third-order valence-electron chi connectivity index (χ3n) is 4.65. The van der Waals surface area contributed by atoms with Crippen molar-refractivity contribution in [2.45, 2.75) is 38.8 Å². The fourth-order valence-corrected chi connectivity index (χ4v) is 3.17. The van der Waals surface area contributed by atoms with Crippen molar-refractivity contribution >= 4 is 0 Å². The van der Waals surface area contributed by atoms with Gasteiger partial charge in [0.2, 0.25) is 0 Å². The van der Waals surface area contributed by atoms with Gasteiger partial charge in [-0.05, 0) is 54.6 Å². The molecule has 2 rings (SSSR count). The summed E-state index contributed by atoms with van der Waals surface area (Å²) in [6, 6.07) is 0. The first kappa shape index (κ1) is 14.2. The summed E-state index contributed by atoms with van der Waals surface area (Å²) in [5.41, 5.74) is 0.741. The van der Waals surface area contributed by atoms with Crippen molar-refractivity contribution in [3.8, 4) is 0 Å². The molecular formula is C17H22F2. The Kier molecular flexibility index (Phi) is 4.38. The lowest BCUT2D eigenvalue weighted by molar-refractivity contribution is 0.253. The van der Waals surface area contributed by atoms with Crippen LogP contribution in [0.2, 0.25) is 0 Å². The molecule has 0 bridgehead atoms. The van der Waals surface area contributed by atoms with Gasteiger partial charge in [-0.3, -0.25) is 0 Å². The summed E-state index contributed by atoms with van der Waals surface area (Å²) in [5.74, 6) is 0.484. The fraction of sp³-hybridized carbons (Fsp3) is 0.529. The van der Waals surface area contributed by atoms with Crippen LogP contribution in [0.1, 0.15) is 32.6 Å². The lowest BCUT2D eigenvalue weighted by Crippen LogP contribution is -2.23. The van der Waals surface area contributed by atoms with Crippen molar-refractivity contribution in [2.75, 3.05) is 0 Å². The first-order valence-electron chi connectivity index (χ1n) is 7.07. The van der Waals surface area contributed by atoms with Crippen molar-refractivity contribution in [3.63, 3.8) is 0 Å². The number of hydrogen-bond acceptors (Lipinski definition) is 0. The van der Waals surface area contributed by atoms with Gasteiger partial charge in [0.15, 0.2) is 6.17 Å². The molecule has 0 saturated heterocycles. The molecule has 2 heteroatoms. The number of rotatable bonds is 3. The smallest absolute Gasteiger partial charge is 0.176 e. The van der Waals surface area contributed by atoms with Crippen molar-refractivity contribution in [1.82, 2.24) is 0 Å². The van der Waals surface area contributed by atoms with Gasteiger partial charge >= 0.3 is 0 Å². The highest BCUT2D eigenvalue weighted by molar-refractivity contribution is 5.42. The molecule has 0 aromatic heterocycles. The van der Waals surface area contributed by atoms with Gasteiger partial charge in [0, 0.05) is 0 Å². The second kappa shape index (κ2) is 5.85. The second-order valence-electron chi connectivity index (χ2n) is 5.77. The molecule has 1 fully saturated rings. The van der Waals surface area contributed by atoms with Crippen LogP contribution in [-0.4, -0.2) is 6.17 Å². The van der Waals surface area contributed by atoms with E-state index in [0.29, 0.717) is 17.4 Å². The summed E-state index contributed by atoms with van der Waals surface area (Å²) < 4.78 is 27.7. The Morgan fingerprint density at radius 2 is 1.89 bits per heavy atom. The Morgan fingerprint density at radius 3 is 2.47 bits per heavy atom. The molecule has 0 radical (unpaired) electrons. The molecule has 0 heterocycles. The molecule has 0 spiro atoms. The normalized spacial score (nSPS) is 33.4. The highest BCUT2D eigenvalue weighted by Crippen LogP contribution is 2.40. The zero-order valence-corrected chi connectivity index (χ0v) is 11.5. The molecule has 0 aromatic rings. The predicted molar refractivity (Wildman–Crippen MR) is 76.1 cm³/mol. The monoisotopic (exact) mass is 264 g/mol. The summed E-state index contributed by atoms with van der Waals surface area (Å²) in [6.07, 6.45) is 8.05. The maximum absolute atomic E-state index is 14.0. The van der Waals surface area contributed by atoms with Gasteiger partial charge in [-0.2, -0.15) is 0 Å². The second-order valence-corrected chi connectivity index (χ2v) is 5.77. The molecule has 0 N–H and O–H groups in total. The zero-order valence-electron chi connectivity index (χ0n) is 11.5. The van der Waals surface area contributed by atoms with Gasteiger partial charge in [0.1, 0.15) is 5.83 Å². The Hall–Kier alpha value is -1.18. The first-order chi connectivity index (χ1) is 9.04.